The Hall–Kier alpha value is -2.54. The van der Waals surface area contributed by atoms with Crippen molar-refractivity contribution in [3.8, 4) is 11.1 Å². The second kappa shape index (κ2) is 5.10. The van der Waals surface area contributed by atoms with Crippen LogP contribution in [-0.2, 0) is 6.42 Å². The summed E-state index contributed by atoms with van der Waals surface area (Å²) in [5.41, 5.74) is 6.67. The molecule has 0 N–H and O–H groups in total. The smallest absolute Gasteiger partial charge is 0.0444 e. The number of rotatable bonds is 2. The highest BCUT2D eigenvalue weighted by Crippen LogP contribution is 2.36. The number of anilines is 2. The van der Waals surface area contributed by atoms with E-state index in [0.29, 0.717) is 0 Å². The molecule has 1 aliphatic rings. The summed E-state index contributed by atoms with van der Waals surface area (Å²) in [5.74, 6) is 0. The van der Waals surface area contributed by atoms with Crippen LogP contribution >= 0.6 is 0 Å². The molecule has 0 amide bonds. The predicted octanol–water partition coefficient (Wildman–Crippen LogP) is 5.05. The minimum atomic E-state index is 1.07. The lowest BCUT2D eigenvalue weighted by molar-refractivity contribution is 0.998. The quantitative estimate of drug-likeness (QED) is 0.630. The zero-order chi connectivity index (χ0) is 14.1. The number of hydrogen-bond acceptors (Lipinski definition) is 1. The minimum absolute atomic E-state index is 1.07. The second-order valence-corrected chi connectivity index (χ2v) is 5.45. The van der Waals surface area contributed by atoms with E-state index >= 15 is 0 Å². The van der Waals surface area contributed by atoms with Crippen molar-refractivity contribution in [2.24, 2.45) is 0 Å². The van der Waals surface area contributed by atoms with Gasteiger partial charge in [0.2, 0.25) is 0 Å². The van der Waals surface area contributed by atoms with Crippen molar-refractivity contribution >= 4 is 11.4 Å². The molecule has 4 rings (SSSR count). The Kier molecular flexibility index (Phi) is 2.97. The molecule has 0 radical (unpaired) electrons. The third kappa shape index (κ3) is 2.21. The summed E-state index contributed by atoms with van der Waals surface area (Å²) in [7, 11) is 0. The Morgan fingerprint density at radius 1 is 0.667 bits per heavy atom. The molecule has 0 bridgehead atoms. The van der Waals surface area contributed by atoms with E-state index in [9.17, 15) is 0 Å². The van der Waals surface area contributed by atoms with E-state index in [1.807, 2.05) is 0 Å². The molecule has 21 heavy (non-hydrogen) atoms. The summed E-state index contributed by atoms with van der Waals surface area (Å²) in [6.45, 7) is 1.07. The molecule has 0 aromatic heterocycles. The number of fused-ring (bicyclic) bond motifs is 1. The summed E-state index contributed by atoms with van der Waals surface area (Å²) in [6.07, 6.45) is 1.12. The normalized spacial score (nSPS) is 13.2. The van der Waals surface area contributed by atoms with Crippen LogP contribution in [0.15, 0.2) is 78.9 Å². The lowest BCUT2D eigenvalue weighted by Crippen LogP contribution is -2.12. The molecule has 1 nitrogen and oxygen atoms in total. The van der Waals surface area contributed by atoms with Crippen LogP contribution in [0.1, 0.15) is 5.56 Å². The molecule has 0 aliphatic carbocycles. The number of hydrogen-bond donors (Lipinski definition) is 0. The van der Waals surface area contributed by atoms with Crippen LogP contribution in [0.3, 0.4) is 0 Å². The molecule has 0 atom stereocenters. The number of nitrogens with zero attached hydrogens (tertiary/aromatic N) is 1. The van der Waals surface area contributed by atoms with Gasteiger partial charge in [-0.05, 0) is 47.4 Å². The van der Waals surface area contributed by atoms with Gasteiger partial charge in [-0.25, -0.2) is 0 Å². The van der Waals surface area contributed by atoms with Gasteiger partial charge < -0.3 is 4.90 Å². The first-order valence-corrected chi connectivity index (χ1v) is 7.43. The van der Waals surface area contributed by atoms with Gasteiger partial charge in [0.1, 0.15) is 0 Å². The Morgan fingerprint density at radius 2 is 1.38 bits per heavy atom. The molecule has 0 saturated carbocycles. The predicted molar refractivity (Wildman–Crippen MR) is 89.0 cm³/mol. The van der Waals surface area contributed by atoms with E-state index in [0.717, 1.165) is 13.0 Å². The molecule has 3 aromatic rings. The Bertz CT molecular complexity index is 747. The monoisotopic (exact) mass is 271 g/mol. The molecule has 1 heteroatoms. The Labute approximate surface area is 125 Å². The van der Waals surface area contributed by atoms with E-state index in [1.54, 1.807) is 0 Å². The molecule has 1 aliphatic heterocycles. The summed E-state index contributed by atoms with van der Waals surface area (Å²) in [5, 5.41) is 0. The fraction of sp³-hybridized carbons (Fsp3) is 0.100. The van der Waals surface area contributed by atoms with Gasteiger partial charge in [0.15, 0.2) is 0 Å². The van der Waals surface area contributed by atoms with E-state index < -0.39 is 0 Å². The van der Waals surface area contributed by atoms with Crippen LogP contribution in [0.25, 0.3) is 11.1 Å². The van der Waals surface area contributed by atoms with Crippen molar-refractivity contribution < 1.29 is 0 Å². The summed E-state index contributed by atoms with van der Waals surface area (Å²) < 4.78 is 0. The van der Waals surface area contributed by atoms with Crippen LogP contribution < -0.4 is 4.90 Å². The summed E-state index contributed by atoms with van der Waals surface area (Å²) in [6, 6.07) is 28.1. The lowest BCUT2D eigenvalue weighted by atomic mass is 10.0. The third-order valence-corrected chi connectivity index (χ3v) is 4.15. The highest BCUT2D eigenvalue weighted by atomic mass is 15.2. The average Bonchev–Trinajstić information content (AvgIpc) is 2.99. The van der Waals surface area contributed by atoms with Crippen molar-refractivity contribution in [1.82, 2.24) is 0 Å². The highest BCUT2D eigenvalue weighted by molar-refractivity contribution is 5.75. The van der Waals surface area contributed by atoms with E-state index in [-0.39, 0.29) is 0 Å². The van der Waals surface area contributed by atoms with Crippen LogP contribution in [0.2, 0.25) is 0 Å². The molecule has 0 spiro atoms. The van der Waals surface area contributed by atoms with Gasteiger partial charge in [0.25, 0.3) is 0 Å². The fourth-order valence-electron chi connectivity index (χ4n) is 3.09. The maximum Gasteiger partial charge on any atom is 0.0444 e. The zero-order valence-corrected chi connectivity index (χ0v) is 11.9. The first kappa shape index (κ1) is 12.2. The van der Waals surface area contributed by atoms with Crippen molar-refractivity contribution in [3.63, 3.8) is 0 Å². The number of para-hydroxylation sites is 1. The number of benzene rings is 3. The third-order valence-electron chi connectivity index (χ3n) is 4.15. The van der Waals surface area contributed by atoms with Crippen LogP contribution in [0.4, 0.5) is 11.4 Å². The topological polar surface area (TPSA) is 3.24 Å². The molecule has 0 saturated heterocycles. The molecule has 0 unspecified atom stereocenters. The van der Waals surface area contributed by atoms with Gasteiger partial charge in [-0.2, -0.15) is 0 Å². The maximum absolute atomic E-state index is 2.41. The van der Waals surface area contributed by atoms with Crippen molar-refractivity contribution in [1.29, 1.82) is 0 Å². The largest absolute Gasteiger partial charge is 0.341 e. The van der Waals surface area contributed by atoms with E-state index in [2.05, 4.69) is 83.8 Å². The average molecular weight is 271 g/mol. The van der Waals surface area contributed by atoms with Crippen molar-refractivity contribution in [2.75, 3.05) is 11.4 Å². The van der Waals surface area contributed by atoms with Gasteiger partial charge in [-0.1, -0.05) is 54.6 Å². The maximum atomic E-state index is 2.41. The molecule has 3 aromatic carbocycles. The summed E-state index contributed by atoms with van der Waals surface area (Å²) in [4.78, 5) is 2.41. The van der Waals surface area contributed by atoms with Crippen molar-refractivity contribution in [3.05, 3.63) is 84.4 Å². The lowest BCUT2D eigenvalue weighted by Gasteiger charge is -2.19. The van der Waals surface area contributed by atoms with E-state index in [4.69, 9.17) is 0 Å². The van der Waals surface area contributed by atoms with E-state index in [1.165, 1.54) is 28.1 Å². The SMILES string of the molecule is c1ccc(-c2ccc3c(c2)CCN3c2ccccc2)cc1. The van der Waals surface area contributed by atoms with Gasteiger partial charge >= 0.3 is 0 Å². The second-order valence-electron chi connectivity index (χ2n) is 5.45. The Morgan fingerprint density at radius 3 is 2.14 bits per heavy atom. The van der Waals surface area contributed by atoms with Crippen LogP contribution in [0.5, 0.6) is 0 Å². The van der Waals surface area contributed by atoms with Gasteiger partial charge in [-0.15, -0.1) is 0 Å². The van der Waals surface area contributed by atoms with Gasteiger partial charge in [0.05, 0.1) is 0 Å². The molecule has 0 fully saturated rings. The van der Waals surface area contributed by atoms with Crippen LogP contribution in [-0.4, -0.2) is 6.54 Å². The van der Waals surface area contributed by atoms with Gasteiger partial charge in [0, 0.05) is 17.9 Å². The van der Waals surface area contributed by atoms with Crippen molar-refractivity contribution in [2.45, 2.75) is 6.42 Å². The molecule has 1 heterocycles. The molecule has 102 valence electrons. The first-order chi connectivity index (χ1) is 10.4. The summed E-state index contributed by atoms with van der Waals surface area (Å²) >= 11 is 0. The standard InChI is InChI=1S/C20H17N/c1-3-7-16(8-4-1)17-11-12-20-18(15-17)13-14-21(20)19-9-5-2-6-10-19/h1-12,15H,13-14H2. The highest BCUT2D eigenvalue weighted by Gasteiger charge is 2.20. The fourth-order valence-corrected chi connectivity index (χ4v) is 3.09. The molecular weight excluding hydrogens is 254 g/mol. The minimum Gasteiger partial charge on any atom is -0.341 e. The zero-order valence-electron chi connectivity index (χ0n) is 11.9. The Balaban J connectivity index is 1.72. The van der Waals surface area contributed by atoms with Crippen LogP contribution in [0, 0.1) is 0 Å². The molecular formula is C20H17N. The van der Waals surface area contributed by atoms with Gasteiger partial charge in [-0.3, -0.25) is 0 Å². The first-order valence-electron chi connectivity index (χ1n) is 7.43.